The fourth-order valence-electron chi connectivity index (χ4n) is 5.83. The third-order valence-electron chi connectivity index (χ3n) is 8.27. The summed E-state index contributed by atoms with van der Waals surface area (Å²) in [4.78, 5) is 19.8. The van der Waals surface area contributed by atoms with Crippen LogP contribution in [0.3, 0.4) is 0 Å². The van der Waals surface area contributed by atoms with E-state index in [1.54, 1.807) is 0 Å². The van der Waals surface area contributed by atoms with Crippen molar-refractivity contribution in [2.75, 3.05) is 13.2 Å². The summed E-state index contributed by atoms with van der Waals surface area (Å²) in [5.74, 6) is 0.871. The van der Waals surface area contributed by atoms with Gasteiger partial charge in [-0.05, 0) is 71.1 Å². The molecule has 2 atom stereocenters. The van der Waals surface area contributed by atoms with Gasteiger partial charge in [-0.1, -0.05) is 112 Å². The van der Waals surface area contributed by atoms with Gasteiger partial charge in [-0.15, -0.1) is 0 Å². The second-order valence-electron chi connectivity index (χ2n) is 11.8. The van der Waals surface area contributed by atoms with E-state index < -0.39 is 11.6 Å². The Kier molecular flexibility index (Phi) is 10.1. The van der Waals surface area contributed by atoms with Gasteiger partial charge in [0.1, 0.15) is 5.75 Å². The number of aliphatic hydroxyl groups excluding tert-OH is 1. The third kappa shape index (κ3) is 7.64. The second-order valence-corrected chi connectivity index (χ2v) is 12.7. The standard InChI is InChI=1S/C40H37BrN2O4/c1-28-7-5-8-30(25-28)27-42-39(45)40(26-29-11-19-35(41)20-12-29)37(33-15-13-32(14-16-33)31-9-3-2-4-10-31)47-38(43-40)34-17-21-36(22-18-34)46-24-6-23-44/h2-5,7-22,25,37,44H,6,23-24,26-27H2,1H3,(H,42,45)/t37-,40-/m1/s1. The van der Waals surface area contributed by atoms with Gasteiger partial charge >= 0.3 is 0 Å². The summed E-state index contributed by atoms with van der Waals surface area (Å²) in [7, 11) is 0. The number of aliphatic hydroxyl groups is 1. The number of carbonyl (C=O) groups excluding carboxylic acids is 1. The molecule has 0 fully saturated rings. The minimum absolute atomic E-state index is 0.0723. The normalized spacial score (nSPS) is 17.1. The van der Waals surface area contributed by atoms with Crippen LogP contribution in [0.1, 0.15) is 40.3 Å². The van der Waals surface area contributed by atoms with Gasteiger partial charge < -0.3 is 19.9 Å². The lowest BCUT2D eigenvalue weighted by Gasteiger charge is -2.31. The third-order valence-corrected chi connectivity index (χ3v) is 8.80. The van der Waals surface area contributed by atoms with Gasteiger partial charge in [0.05, 0.1) is 6.61 Å². The van der Waals surface area contributed by atoms with Gasteiger partial charge in [0, 0.05) is 36.0 Å². The zero-order valence-corrected chi connectivity index (χ0v) is 27.8. The van der Waals surface area contributed by atoms with E-state index in [2.05, 4.69) is 51.6 Å². The number of ether oxygens (including phenoxy) is 2. The van der Waals surface area contributed by atoms with Gasteiger partial charge in [-0.25, -0.2) is 4.99 Å². The first-order valence-electron chi connectivity index (χ1n) is 15.8. The van der Waals surface area contributed by atoms with E-state index in [4.69, 9.17) is 19.6 Å². The smallest absolute Gasteiger partial charge is 0.252 e. The average Bonchev–Trinajstić information content (AvgIpc) is 3.49. The molecule has 0 radical (unpaired) electrons. The number of hydrogen-bond donors (Lipinski definition) is 2. The van der Waals surface area contributed by atoms with E-state index in [9.17, 15) is 4.79 Å². The molecule has 0 bridgehead atoms. The molecule has 0 saturated carbocycles. The zero-order chi connectivity index (χ0) is 32.6. The van der Waals surface area contributed by atoms with Gasteiger partial charge in [0.2, 0.25) is 5.90 Å². The topological polar surface area (TPSA) is 80.2 Å². The predicted molar refractivity (Wildman–Crippen MR) is 189 cm³/mol. The molecule has 0 aliphatic carbocycles. The molecule has 0 saturated heterocycles. The molecule has 1 aliphatic heterocycles. The van der Waals surface area contributed by atoms with E-state index in [1.807, 2.05) is 104 Å². The highest BCUT2D eigenvalue weighted by molar-refractivity contribution is 9.10. The maximum Gasteiger partial charge on any atom is 0.252 e. The maximum atomic E-state index is 14.6. The maximum absolute atomic E-state index is 14.6. The number of halogens is 1. The number of nitrogens with one attached hydrogen (secondary N) is 1. The predicted octanol–water partition coefficient (Wildman–Crippen LogP) is 8.00. The van der Waals surface area contributed by atoms with Gasteiger partial charge in [-0.3, -0.25) is 4.79 Å². The number of aryl methyl sites for hydroxylation is 1. The molecule has 2 N–H and O–H groups in total. The van der Waals surface area contributed by atoms with E-state index in [0.29, 0.717) is 37.6 Å². The Hall–Kier alpha value is -4.72. The van der Waals surface area contributed by atoms with Crippen LogP contribution in [0.25, 0.3) is 11.1 Å². The van der Waals surface area contributed by atoms with E-state index in [0.717, 1.165) is 43.4 Å². The Morgan fingerprint density at radius 1 is 0.851 bits per heavy atom. The highest BCUT2D eigenvalue weighted by atomic mass is 79.9. The SMILES string of the molecule is Cc1cccc(CNC(=O)[C@]2(Cc3ccc(Br)cc3)N=C(c3ccc(OCCCO)cc3)O[C@@H]2c2ccc(-c3ccccc3)cc2)c1. The molecular formula is C40H37BrN2O4. The number of benzene rings is 5. The molecule has 0 spiro atoms. The van der Waals surface area contributed by atoms with Crippen molar-refractivity contribution in [2.24, 2.45) is 4.99 Å². The molecule has 0 unspecified atom stereocenters. The molecule has 1 amide bonds. The number of rotatable bonds is 12. The van der Waals surface area contributed by atoms with Crippen molar-refractivity contribution >= 4 is 27.7 Å². The molecule has 1 aliphatic rings. The number of amides is 1. The highest BCUT2D eigenvalue weighted by Crippen LogP contribution is 2.43. The molecule has 6 rings (SSSR count). The first-order chi connectivity index (χ1) is 22.9. The summed E-state index contributed by atoms with van der Waals surface area (Å²) < 4.78 is 13.4. The first-order valence-corrected chi connectivity index (χ1v) is 16.6. The van der Waals surface area contributed by atoms with E-state index in [1.165, 1.54) is 0 Å². The summed E-state index contributed by atoms with van der Waals surface area (Å²) in [6.07, 6.45) is 0.194. The van der Waals surface area contributed by atoms with Crippen molar-refractivity contribution in [3.05, 3.63) is 160 Å². The van der Waals surface area contributed by atoms with Crippen molar-refractivity contribution < 1.29 is 19.4 Å². The Balaban J connectivity index is 1.40. The van der Waals surface area contributed by atoms with Crippen LogP contribution in [0.5, 0.6) is 5.75 Å². The molecular weight excluding hydrogens is 652 g/mol. The molecule has 5 aromatic rings. The molecule has 238 valence electrons. The van der Waals surface area contributed by atoms with Crippen LogP contribution in [-0.4, -0.2) is 35.7 Å². The second kappa shape index (κ2) is 14.8. The molecule has 47 heavy (non-hydrogen) atoms. The fourth-order valence-corrected chi connectivity index (χ4v) is 6.10. The minimum Gasteiger partial charge on any atom is -0.494 e. The van der Waals surface area contributed by atoms with Gasteiger partial charge in [0.25, 0.3) is 5.91 Å². The fraction of sp³-hybridized carbons (Fsp3) is 0.200. The number of nitrogens with zero attached hydrogens (tertiary/aromatic N) is 1. The molecule has 6 nitrogen and oxygen atoms in total. The summed E-state index contributed by atoms with van der Waals surface area (Å²) >= 11 is 3.54. The summed E-state index contributed by atoms with van der Waals surface area (Å²) in [6, 6.07) is 42.0. The van der Waals surface area contributed by atoms with Crippen LogP contribution >= 0.6 is 15.9 Å². The first kappa shape index (κ1) is 32.2. The van der Waals surface area contributed by atoms with Crippen LogP contribution in [0, 0.1) is 6.92 Å². The van der Waals surface area contributed by atoms with Crippen LogP contribution in [0.15, 0.2) is 137 Å². The van der Waals surface area contributed by atoms with Crippen LogP contribution in [0.2, 0.25) is 0 Å². The van der Waals surface area contributed by atoms with E-state index >= 15 is 0 Å². The number of hydrogen-bond acceptors (Lipinski definition) is 5. The lowest BCUT2D eigenvalue weighted by atomic mass is 9.81. The Labute approximate surface area is 284 Å². The molecule has 1 heterocycles. The van der Waals surface area contributed by atoms with Gasteiger partial charge in [-0.2, -0.15) is 0 Å². The number of aliphatic imine (C=N–C) groups is 1. The van der Waals surface area contributed by atoms with Crippen molar-refractivity contribution in [2.45, 2.75) is 38.0 Å². The van der Waals surface area contributed by atoms with Crippen molar-refractivity contribution in [1.82, 2.24) is 5.32 Å². The van der Waals surface area contributed by atoms with Crippen LogP contribution in [0.4, 0.5) is 0 Å². The summed E-state index contributed by atoms with van der Waals surface area (Å²) in [5.41, 5.74) is 5.61. The summed E-state index contributed by atoms with van der Waals surface area (Å²) in [5, 5.41) is 12.3. The molecule has 7 heteroatoms. The Morgan fingerprint density at radius 2 is 1.55 bits per heavy atom. The molecule has 5 aromatic carbocycles. The quantitative estimate of drug-likeness (QED) is 0.130. The molecule has 0 aromatic heterocycles. The van der Waals surface area contributed by atoms with Crippen molar-refractivity contribution in [3.8, 4) is 16.9 Å². The van der Waals surface area contributed by atoms with Gasteiger partial charge in [0.15, 0.2) is 11.6 Å². The minimum atomic E-state index is -1.29. The lowest BCUT2D eigenvalue weighted by Crippen LogP contribution is -2.49. The Bertz CT molecular complexity index is 1820. The average molecular weight is 690 g/mol. The largest absolute Gasteiger partial charge is 0.494 e. The van der Waals surface area contributed by atoms with Crippen LogP contribution < -0.4 is 10.1 Å². The summed E-state index contributed by atoms with van der Waals surface area (Å²) in [6.45, 7) is 2.90. The lowest BCUT2D eigenvalue weighted by molar-refractivity contribution is -0.129. The monoisotopic (exact) mass is 688 g/mol. The Morgan fingerprint density at radius 3 is 2.26 bits per heavy atom. The van der Waals surface area contributed by atoms with Crippen molar-refractivity contribution in [1.29, 1.82) is 0 Å². The zero-order valence-electron chi connectivity index (χ0n) is 26.2. The highest BCUT2D eigenvalue weighted by Gasteiger charge is 2.53. The number of carbonyl (C=O) groups is 1. The van der Waals surface area contributed by atoms with E-state index in [-0.39, 0.29) is 12.5 Å². The van der Waals surface area contributed by atoms with Crippen LogP contribution in [-0.2, 0) is 22.5 Å². The van der Waals surface area contributed by atoms with Crippen molar-refractivity contribution in [3.63, 3.8) is 0 Å².